The highest BCUT2D eigenvalue weighted by atomic mass is 79.9. The van der Waals surface area contributed by atoms with Gasteiger partial charge in [0, 0.05) is 15.9 Å². The molecule has 0 unspecified atom stereocenters. The highest BCUT2D eigenvalue weighted by Crippen LogP contribution is 2.60. The van der Waals surface area contributed by atoms with Crippen LogP contribution in [0.15, 0.2) is 27.8 Å². The first-order valence-electron chi connectivity index (χ1n) is 10.2. The second kappa shape index (κ2) is 7.62. The Bertz CT molecular complexity index is 798. The van der Waals surface area contributed by atoms with Crippen LogP contribution >= 0.6 is 15.9 Å². The Morgan fingerprint density at radius 3 is 2.32 bits per heavy atom. The van der Waals surface area contributed by atoms with E-state index in [2.05, 4.69) is 31.8 Å². The van der Waals surface area contributed by atoms with Crippen LogP contribution in [0.4, 0.5) is 5.69 Å². The number of nitrogens with one attached hydrogen (secondary N) is 2. The molecule has 0 aromatic heterocycles. The minimum atomic E-state index is -0.213. The Labute approximate surface area is 174 Å². The van der Waals surface area contributed by atoms with Gasteiger partial charge in [-0.2, -0.15) is 5.10 Å². The van der Waals surface area contributed by atoms with Crippen molar-refractivity contribution < 1.29 is 9.59 Å². The molecule has 1 aromatic rings. The summed E-state index contributed by atoms with van der Waals surface area (Å²) in [6.45, 7) is 3.74. The van der Waals surface area contributed by atoms with E-state index in [1.165, 1.54) is 19.3 Å². The average Bonchev–Trinajstić information content (AvgIpc) is 2.61. The van der Waals surface area contributed by atoms with Crippen molar-refractivity contribution in [1.82, 2.24) is 5.43 Å². The van der Waals surface area contributed by atoms with Crippen LogP contribution in [-0.2, 0) is 9.59 Å². The lowest BCUT2D eigenvalue weighted by Crippen LogP contribution is -2.52. The third-order valence-corrected chi connectivity index (χ3v) is 7.24. The topological polar surface area (TPSA) is 70.6 Å². The maximum atomic E-state index is 12.9. The van der Waals surface area contributed by atoms with E-state index in [-0.39, 0.29) is 23.7 Å². The number of halogens is 1. The Morgan fingerprint density at radius 2 is 1.75 bits per heavy atom. The van der Waals surface area contributed by atoms with E-state index >= 15 is 0 Å². The zero-order valence-electron chi connectivity index (χ0n) is 16.6. The molecule has 2 N–H and O–H groups in total. The lowest BCUT2D eigenvalue weighted by atomic mass is 9.49. The fraction of sp³-hybridized carbons (Fsp3) is 0.591. The van der Waals surface area contributed by atoms with E-state index in [4.69, 9.17) is 0 Å². The van der Waals surface area contributed by atoms with E-state index in [1.807, 2.05) is 25.1 Å². The summed E-state index contributed by atoms with van der Waals surface area (Å²) in [5, 5.41) is 7.16. The zero-order valence-corrected chi connectivity index (χ0v) is 18.1. The lowest BCUT2D eigenvalue weighted by Gasteiger charge is -2.55. The molecule has 4 aliphatic carbocycles. The summed E-state index contributed by atoms with van der Waals surface area (Å²) < 4.78 is 0.980. The van der Waals surface area contributed by atoms with Gasteiger partial charge in [0.05, 0.1) is 11.8 Å². The molecule has 5 rings (SSSR count). The molecule has 0 spiro atoms. The molecule has 6 heteroatoms. The Kier molecular flexibility index (Phi) is 5.34. The van der Waals surface area contributed by atoms with Gasteiger partial charge in [-0.25, -0.2) is 5.43 Å². The van der Waals surface area contributed by atoms with E-state index in [0.29, 0.717) is 5.71 Å². The number of nitrogens with zero attached hydrogens (tertiary/aromatic N) is 1. The van der Waals surface area contributed by atoms with Crippen LogP contribution in [0.2, 0.25) is 0 Å². The van der Waals surface area contributed by atoms with Gasteiger partial charge < -0.3 is 5.32 Å². The number of aryl methyl sites for hydroxylation is 1. The third kappa shape index (κ3) is 4.02. The lowest BCUT2D eigenvalue weighted by molar-refractivity contribution is -0.146. The number of hydrazone groups is 1. The van der Waals surface area contributed by atoms with Crippen molar-refractivity contribution in [2.24, 2.45) is 28.3 Å². The largest absolute Gasteiger partial charge is 0.326 e. The highest BCUT2D eigenvalue weighted by Gasteiger charge is 2.54. The van der Waals surface area contributed by atoms with Crippen molar-refractivity contribution in [3.05, 3.63) is 28.2 Å². The summed E-state index contributed by atoms with van der Waals surface area (Å²) in [5.74, 6) is 2.11. The number of anilines is 1. The second-order valence-corrected chi connectivity index (χ2v) is 10.1. The molecule has 0 atom stereocenters. The molecule has 4 fully saturated rings. The SMILES string of the molecule is C/C(CC(=O)Nc1ccc(Br)cc1C)=N\NC(=O)C12CC3CC(CC(C3)C1)C2. The highest BCUT2D eigenvalue weighted by molar-refractivity contribution is 9.10. The van der Waals surface area contributed by atoms with Crippen molar-refractivity contribution in [1.29, 1.82) is 0 Å². The van der Waals surface area contributed by atoms with Gasteiger partial charge in [0.15, 0.2) is 0 Å². The molecule has 4 aliphatic rings. The molecule has 28 heavy (non-hydrogen) atoms. The zero-order chi connectivity index (χ0) is 19.9. The van der Waals surface area contributed by atoms with Gasteiger partial charge in [0.2, 0.25) is 11.8 Å². The number of carbonyl (C=O) groups excluding carboxylic acids is 2. The van der Waals surface area contributed by atoms with E-state index < -0.39 is 0 Å². The van der Waals surface area contributed by atoms with Gasteiger partial charge in [0.1, 0.15) is 0 Å². The standard InChI is InChI=1S/C22H28BrN3O2/c1-13-5-18(23)3-4-19(13)24-20(27)6-14(2)25-26-21(28)22-10-15-7-16(11-22)9-17(8-15)12-22/h3-5,15-17H,6-12H2,1-2H3,(H,24,27)(H,26,28)/b25-14+. The van der Waals surface area contributed by atoms with Gasteiger partial charge in [-0.1, -0.05) is 15.9 Å². The average molecular weight is 446 g/mol. The molecule has 150 valence electrons. The first kappa shape index (κ1) is 19.6. The molecule has 4 saturated carbocycles. The van der Waals surface area contributed by atoms with Gasteiger partial charge in [-0.05, 0) is 93.9 Å². The fourth-order valence-corrected chi connectivity index (χ4v) is 6.36. The minimum absolute atomic E-state index is 0.0649. The summed E-state index contributed by atoms with van der Waals surface area (Å²) >= 11 is 3.42. The smallest absolute Gasteiger partial charge is 0.246 e. The van der Waals surface area contributed by atoms with Crippen LogP contribution in [-0.4, -0.2) is 17.5 Å². The number of hydrogen-bond acceptors (Lipinski definition) is 3. The van der Waals surface area contributed by atoms with Crippen LogP contribution in [0.1, 0.15) is 57.4 Å². The first-order chi connectivity index (χ1) is 13.3. The Hall–Kier alpha value is -1.69. The normalized spacial score (nSPS) is 31.0. The van der Waals surface area contributed by atoms with Crippen LogP contribution < -0.4 is 10.7 Å². The number of amides is 2. The molecule has 0 radical (unpaired) electrons. The number of rotatable bonds is 5. The van der Waals surface area contributed by atoms with Gasteiger partial charge in [0.25, 0.3) is 0 Å². The molecule has 2 amide bonds. The Balaban J connectivity index is 1.33. The van der Waals surface area contributed by atoms with E-state index in [9.17, 15) is 9.59 Å². The molecule has 4 bridgehead atoms. The predicted molar refractivity (Wildman–Crippen MR) is 114 cm³/mol. The first-order valence-corrected chi connectivity index (χ1v) is 11.0. The van der Waals surface area contributed by atoms with Crippen LogP contribution in [0, 0.1) is 30.1 Å². The van der Waals surface area contributed by atoms with Crippen molar-refractivity contribution >= 4 is 39.1 Å². The van der Waals surface area contributed by atoms with E-state index in [0.717, 1.165) is 52.7 Å². The van der Waals surface area contributed by atoms with Gasteiger partial charge >= 0.3 is 0 Å². The summed E-state index contributed by atoms with van der Waals surface area (Å²) in [4.78, 5) is 25.2. The quantitative estimate of drug-likeness (QED) is 0.504. The monoisotopic (exact) mass is 445 g/mol. The van der Waals surface area contributed by atoms with Crippen molar-refractivity contribution in [2.45, 2.75) is 58.8 Å². The van der Waals surface area contributed by atoms with Crippen molar-refractivity contribution in [3.8, 4) is 0 Å². The predicted octanol–water partition coefficient (Wildman–Crippen LogP) is 4.79. The summed E-state index contributed by atoms with van der Waals surface area (Å²) in [6.07, 6.45) is 7.14. The molecule has 5 nitrogen and oxygen atoms in total. The summed E-state index contributed by atoms with van der Waals surface area (Å²) in [7, 11) is 0. The van der Waals surface area contributed by atoms with Crippen molar-refractivity contribution in [3.63, 3.8) is 0 Å². The molecular formula is C22H28BrN3O2. The van der Waals surface area contributed by atoms with Crippen LogP contribution in [0.25, 0.3) is 0 Å². The minimum Gasteiger partial charge on any atom is -0.326 e. The molecule has 0 heterocycles. The molecule has 0 saturated heterocycles. The van der Waals surface area contributed by atoms with Crippen LogP contribution in [0.5, 0.6) is 0 Å². The number of hydrogen-bond donors (Lipinski definition) is 2. The fourth-order valence-electron chi connectivity index (χ4n) is 5.89. The molecule has 0 aliphatic heterocycles. The van der Waals surface area contributed by atoms with Gasteiger partial charge in [-0.3, -0.25) is 9.59 Å². The maximum absolute atomic E-state index is 12.9. The van der Waals surface area contributed by atoms with Crippen molar-refractivity contribution in [2.75, 3.05) is 5.32 Å². The van der Waals surface area contributed by atoms with Gasteiger partial charge in [-0.15, -0.1) is 0 Å². The van der Waals surface area contributed by atoms with Crippen LogP contribution in [0.3, 0.4) is 0 Å². The third-order valence-electron chi connectivity index (χ3n) is 6.75. The number of carbonyl (C=O) groups is 2. The molecule has 1 aromatic carbocycles. The molecular weight excluding hydrogens is 418 g/mol. The second-order valence-electron chi connectivity index (χ2n) is 9.17. The Morgan fingerprint density at radius 1 is 1.14 bits per heavy atom. The summed E-state index contributed by atoms with van der Waals surface area (Å²) in [5.41, 5.74) is 4.98. The van der Waals surface area contributed by atoms with E-state index in [1.54, 1.807) is 6.92 Å². The summed E-state index contributed by atoms with van der Waals surface area (Å²) in [6, 6.07) is 5.73. The number of benzene rings is 1. The maximum Gasteiger partial charge on any atom is 0.246 e.